The Morgan fingerprint density at radius 1 is 1.33 bits per heavy atom. The SMILES string of the molecule is COc1cccc(NC(=O)NCCn2nc3c(cc2=O)CCC3)c1. The van der Waals surface area contributed by atoms with Crippen LogP contribution in [0.1, 0.15) is 17.7 Å². The summed E-state index contributed by atoms with van der Waals surface area (Å²) < 4.78 is 6.52. The molecular formula is C17H20N4O3. The molecule has 1 aromatic heterocycles. The van der Waals surface area contributed by atoms with E-state index in [0.717, 1.165) is 30.5 Å². The van der Waals surface area contributed by atoms with Crippen LogP contribution in [-0.4, -0.2) is 29.5 Å². The highest BCUT2D eigenvalue weighted by Gasteiger charge is 2.14. The standard InChI is InChI=1S/C17H20N4O3/c1-24-14-6-3-5-13(11-14)19-17(23)18-8-9-21-16(22)10-12-4-2-7-15(12)20-21/h3,5-6,10-11H,2,4,7-9H2,1H3,(H2,18,19,23). The summed E-state index contributed by atoms with van der Waals surface area (Å²) in [6.07, 6.45) is 2.89. The monoisotopic (exact) mass is 328 g/mol. The van der Waals surface area contributed by atoms with Gasteiger partial charge in [0.05, 0.1) is 19.3 Å². The number of carbonyl (C=O) groups excluding carboxylic acids is 1. The van der Waals surface area contributed by atoms with Gasteiger partial charge in [0.25, 0.3) is 5.56 Å². The van der Waals surface area contributed by atoms with E-state index in [0.29, 0.717) is 24.5 Å². The van der Waals surface area contributed by atoms with Crippen molar-refractivity contribution in [3.8, 4) is 5.75 Å². The van der Waals surface area contributed by atoms with Gasteiger partial charge in [0.15, 0.2) is 0 Å². The number of benzene rings is 1. The number of hydrogen-bond acceptors (Lipinski definition) is 4. The average Bonchev–Trinajstić information content (AvgIpc) is 3.02. The number of carbonyl (C=O) groups is 1. The van der Waals surface area contributed by atoms with E-state index in [4.69, 9.17) is 4.74 Å². The Bertz CT molecular complexity index is 801. The molecule has 0 saturated carbocycles. The van der Waals surface area contributed by atoms with Crippen LogP contribution in [0.2, 0.25) is 0 Å². The van der Waals surface area contributed by atoms with E-state index in [1.807, 2.05) is 0 Å². The number of nitrogens with zero attached hydrogens (tertiary/aromatic N) is 2. The summed E-state index contributed by atoms with van der Waals surface area (Å²) in [6.45, 7) is 0.666. The van der Waals surface area contributed by atoms with Gasteiger partial charge in [0, 0.05) is 24.4 Å². The molecule has 0 aliphatic heterocycles. The first kappa shape index (κ1) is 16.0. The summed E-state index contributed by atoms with van der Waals surface area (Å²) in [4.78, 5) is 23.9. The van der Waals surface area contributed by atoms with Crippen LogP contribution in [0.3, 0.4) is 0 Å². The fourth-order valence-corrected chi connectivity index (χ4v) is 2.75. The zero-order valence-corrected chi connectivity index (χ0v) is 13.5. The fraction of sp³-hybridized carbons (Fsp3) is 0.353. The number of aromatic nitrogens is 2. The lowest BCUT2D eigenvalue weighted by atomic mass is 10.2. The summed E-state index contributed by atoms with van der Waals surface area (Å²) in [6, 6.07) is 8.42. The molecule has 1 heterocycles. The van der Waals surface area contributed by atoms with Crippen LogP contribution in [0.15, 0.2) is 35.1 Å². The third-order valence-electron chi connectivity index (χ3n) is 3.96. The van der Waals surface area contributed by atoms with Crippen LogP contribution in [0.25, 0.3) is 0 Å². The Kier molecular flexibility index (Phi) is 4.79. The summed E-state index contributed by atoms with van der Waals surface area (Å²) in [5.41, 5.74) is 2.57. The van der Waals surface area contributed by atoms with Gasteiger partial charge in [-0.3, -0.25) is 4.79 Å². The van der Waals surface area contributed by atoms with Crippen molar-refractivity contribution < 1.29 is 9.53 Å². The lowest BCUT2D eigenvalue weighted by Gasteiger charge is -2.10. The van der Waals surface area contributed by atoms with Crippen molar-refractivity contribution in [2.45, 2.75) is 25.8 Å². The minimum Gasteiger partial charge on any atom is -0.497 e. The van der Waals surface area contributed by atoms with Gasteiger partial charge in [-0.1, -0.05) is 6.07 Å². The zero-order valence-electron chi connectivity index (χ0n) is 13.5. The summed E-state index contributed by atoms with van der Waals surface area (Å²) >= 11 is 0. The van der Waals surface area contributed by atoms with Crippen LogP contribution in [0.4, 0.5) is 10.5 Å². The molecular weight excluding hydrogens is 308 g/mol. The maximum absolute atomic E-state index is 12.0. The van der Waals surface area contributed by atoms with Crippen molar-refractivity contribution in [2.75, 3.05) is 19.0 Å². The number of methoxy groups -OCH3 is 1. The topological polar surface area (TPSA) is 85.2 Å². The number of anilines is 1. The molecule has 0 unspecified atom stereocenters. The van der Waals surface area contributed by atoms with Crippen LogP contribution in [0, 0.1) is 0 Å². The molecule has 1 aliphatic rings. The minimum absolute atomic E-state index is 0.120. The van der Waals surface area contributed by atoms with Crippen molar-refractivity contribution in [1.29, 1.82) is 0 Å². The van der Waals surface area contributed by atoms with Crippen molar-refractivity contribution in [1.82, 2.24) is 15.1 Å². The molecule has 0 radical (unpaired) electrons. The van der Waals surface area contributed by atoms with Crippen LogP contribution in [0.5, 0.6) is 5.75 Å². The Balaban J connectivity index is 1.53. The number of ether oxygens (including phenoxy) is 1. The highest BCUT2D eigenvalue weighted by molar-refractivity contribution is 5.89. The number of fused-ring (bicyclic) bond motifs is 1. The van der Waals surface area contributed by atoms with E-state index >= 15 is 0 Å². The molecule has 0 spiro atoms. The molecule has 2 aromatic rings. The van der Waals surface area contributed by atoms with Crippen LogP contribution in [-0.2, 0) is 19.4 Å². The average molecular weight is 328 g/mol. The molecule has 0 atom stereocenters. The molecule has 0 bridgehead atoms. The normalized spacial score (nSPS) is 12.5. The maximum Gasteiger partial charge on any atom is 0.319 e. The first-order valence-electron chi connectivity index (χ1n) is 7.94. The largest absolute Gasteiger partial charge is 0.497 e. The second-order valence-electron chi connectivity index (χ2n) is 5.64. The Labute approximate surface area is 139 Å². The molecule has 0 saturated heterocycles. The summed E-state index contributed by atoms with van der Waals surface area (Å²) in [5.74, 6) is 0.668. The quantitative estimate of drug-likeness (QED) is 0.872. The molecule has 24 heavy (non-hydrogen) atoms. The summed E-state index contributed by atoms with van der Waals surface area (Å²) in [7, 11) is 1.57. The number of hydrogen-bond donors (Lipinski definition) is 2. The van der Waals surface area contributed by atoms with Gasteiger partial charge in [0.2, 0.25) is 0 Å². The number of nitrogens with one attached hydrogen (secondary N) is 2. The second-order valence-corrected chi connectivity index (χ2v) is 5.64. The van der Waals surface area contributed by atoms with E-state index in [-0.39, 0.29) is 11.6 Å². The maximum atomic E-state index is 12.0. The minimum atomic E-state index is -0.336. The van der Waals surface area contributed by atoms with Crippen molar-refractivity contribution in [3.05, 3.63) is 51.9 Å². The first-order valence-corrected chi connectivity index (χ1v) is 7.94. The number of amides is 2. The van der Waals surface area contributed by atoms with E-state index in [2.05, 4.69) is 15.7 Å². The third-order valence-corrected chi connectivity index (χ3v) is 3.96. The predicted molar refractivity (Wildman–Crippen MR) is 90.5 cm³/mol. The fourth-order valence-electron chi connectivity index (χ4n) is 2.75. The van der Waals surface area contributed by atoms with Gasteiger partial charge in [-0.15, -0.1) is 0 Å². The zero-order chi connectivity index (χ0) is 16.9. The molecule has 2 N–H and O–H groups in total. The van der Waals surface area contributed by atoms with Crippen molar-refractivity contribution in [3.63, 3.8) is 0 Å². The van der Waals surface area contributed by atoms with Crippen LogP contribution >= 0.6 is 0 Å². The van der Waals surface area contributed by atoms with Gasteiger partial charge in [0.1, 0.15) is 5.75 Å². The lowest BCUT2D eigenvalue weighted by Crippen LogP contribution is -2.34. The number of rotatable bonds is 5. The lowest BCUT2D eigenvalue weighted by molar-refractivity contribution is 0.251. The van der Waals surface area contributed by atoms with E-state index in [1.54, 1.807) is 37.4 Å². The van der Waals surface area contributed by atoms with E-state index < -0.39 is 0 Å². The van der Waals surface area contributed by atoms with Gasteiger partial charge < -0.3 is 15.4 Å². The highest BCUT2D eigenvalue weighted by Crippen LogP contribution is 2.17. The second kappa shape index (κ2) is 7.16. The number of urea groups is 1. The molecule has 7 nitrogen and oxygen atoms in total. The van der Waals surface area contributed by atoms with Crippen molar-refractivity contribution in [2.24, 2.45) is 0 Å². The van der Waals surface area contributed by atoms with Gasteiger partial charge >= 0.3 is 6.03 Å². The first-order chi connectivity index (χ1) is 11.7. The van der Waals surface area contributed by atoms with Crippen LogP contribution < -0.4 is 20.9 Å². The molecule has 1 aliphatic carbocycles. The predicted octanol–water partition coefficient (Wildman–Crippen LogP) is 1.56. The molecule has 2 amide bonds. The van der Waals surface area contributed by atoms with E-state index in [9.17, 15) is 9.59 Å². The Morgan fingerprint density at radius 3 is 3.04 bits per heavy atom. The van der Waals surface area contributed by atoms with Gasteiger partial charge in [-0.25, -0.2) is 9.48 Å². The molecule has 7 heteroatoms. The smallest absolute Gasteiger partial charge is 0.319 e. The van der Waals surface area contributed by atoms with Gasteiger partial charge in [-0.2, -0.15) is 5.10 Å². The molecule has 3 rings (SSSR count). The van der Waals surface area contributed by atoms with E-state index in [1.165, 1.54) is 4.68 Å². The summed E-state index contributed by atoms with van der Waals surface area (Å²) in [5, 5.41) is 9.82. The Hall–Kier alpha value is -2.83. The van der Waals surface area contributed by atoms with Crippen molar-refractivity contribution >= 4 is 11.7 Å². The number of aryl methyl sites for hydroxylation is 2. The molecule has 1 aromatic carbocycles. The highest BCUT2D eigenvalue weighted by atomic mass is 16.5. The molecule has 0 fully saturated rings. The Morgan fingerprint density at radius 2 is 2.21 bits per heavy atom. The third kappa shape index (κ3) is 3.73. The van der Waals surface area contributed by atoms with Gasteiger partial charge in [-0.05, 0) is 37.0 Å². The molecule has 126 valence electrons.